The molecule has 0 radical (unpaired) electrons. The second-order valence-electron chi connectivity index (χ2n) is 5.70. The fourth-order valence-corrected chi connectivity index (χ4v) is 3.68. The highest BCUT2D eigenvalue weighted by molar-refractivity contribution is 5.81. The normalized spacial score (nSPS) is 25.5. The number of nitrogens with zero attached hydrogens (tertiary/aromatic N) is 1. The predicted octanol–water partition coefficient (Wildman–Crippen LogP) is 2.92. The van der Waals surface area contributed by atoms with Crippen molar-refractivity contribution in [2.24, 2.45) is 0 Å². The van der Waals surface area contributed by atoms with Crippen molar-refractivity contribution in [1.82, 2.24) is 10.2 Å². The van der Waals surface area contributed by atoms with Crippen molar-refractivity contribution >= 4 is 5.57 Å². The molecule has 1 atom stereocenters. The summed E-state index contributed by atoms with van der Waals surface area (Å²) in [5, 5.41) is 3.46. The first kappa shape index (κ1) is 12.1. The molecule has 2 heteroatoms. The fourth-order valence-electron chi connectivity index (χ4n) is 3.68. The minimum absolute atomic E-state index is 0.458. The maximum absolute atomic E-state index is 3.46. The van der Waals surface area contributed by atoms with E-state index < -0.39 is 0 Å². The van der Waals surface area contributed by atoms with Crippen LogP contribution in [-0.4, -0.2) is 31.1 Å². The first-order chi connectivity index (χ1) is 9.95. The van der Waals surface area contributed by atoms with Gasteiger partial charge in [0, 0.05) is 26.2 Å². The molecule has 2 aliphatic carbocycles. The van der Waals surface area contributed by atoms with Crippen molar-refractivity contribution in [3.05, 3.63) is 65.3 Å². The Balaban J connectivity index is 1.81. The van der Waals surface area contributed by atoms with E-state index >= 15 is 0 Å². The van der Waals surface area contributed by atoms with Crippen molar-refractivity contribution in [1.29, 1.82) is 0 Å². The molecule has 1 aromatic rings. The summed E-state index contributed by atoms with van der Waals surface area (Å²) in [6.45, 7) is 4.47. The van der Waals surface area contributed by atoms with Crippen LogP contribution in [0.2, 0.25) is 0 Å². The van der Waals surface area contributed by atoms with E-state index in [2.05, 4.69) is 58.8 Å². The van der Waals surface area contributed by atoms with Crippen molar-refractivity contribution < 1.29 is 0 Å². The summed E-state index contributed by atoms with van der Waals surface area (Å²) in [7, 11) is 0. The number of benzene rings is 1. The van der Waals surface area contributed by atoms with E-state index in [1.807, 2.05) is 0 Å². The Hall–Kier alpha value is -1.64. The Labute approximate surface area is 120 Å². The zero-order chi connectivity index (χ0) is 13.4. The van der Waals surface area contributed by atoms with Gasteiger partial charge >= 0.3 is 0 Å². The van der Waals surface area contributed by atoms with Gasteiger partial charge in [-0.3, -0.25) is 4.90 Å². The second-order valence-corrected chi connectivity index (χ2v) is 5.70. The molecule has 20 heavy (non-hydrogen) atoms. The molecule has 102 valence electrons. The van der Waals surface area contributed by atoms with Crippen LogP contribution in [0.5, 0.6) is 0 Å². The van der Waals surface area contributed by atoms with Crippen LogP contribution < -0.4 is 5.32 Å². The van der Waals surface area contributed by atoms with Gasteiger partial charge < -0.3 is 5.32 Å². The van der Waals surface area contributed by atoms with Gasteiger partial charge in [-0.05, 0) is 28.7 Å². The summed E-state index contributed by atoms with van der Waals surface area (Å²) in [4.78, 5) is 2.63. The minimum atomic E-state index is 0.458. The summed E-state index contributed by atoms with van der Waals surface area (Å²) in [6, 6.07) is 9.41. The molecule has 0 spiro atoms. The molecule has 2 nitrogen and oxygen atoms in total. The lowest BCUT2D eigenvalue weighted by atomic mass is 10.0. The molecule has 1 fully saturated rings. The highest BCUT2D eigenvalue weighted by Crippen LogP contribution is 2.46. The molecule has 3 aliphatic rings. The average Bonchev–Trinajstić information content (AvgIpc) is 2.65. The smallest absolute Gasteiger partial charge is 0.0611 e. The van der Waals surface area contributed by atoms with Crippen LogP contribution in [0.15, 0.2) is 54.1 Å². The minimum Gasteiger partial charge on any atom is -0.314 e. The van der Waals surface area contributed by atoms with Gasteiger partial charge in [0.05, 0.1) is 6.04 Å². The summed E-state index contributed by atoms with van der Waals surface area (Å²) in [6.07, 6.45) is 10.0. The Kier molecular flexibility index (Phi) is 3.06. The van der Waals surface area contributed by atoms with E-state index in [-0.39, 0.29) is 0 Å². The van der Waals surface area contributed by atoms with E-state index in [0.29, 0.717) is 6.04 Å². The molecule has 1 aliphatic heterocycles. The molecule has 1 N–H and O–H groups in total. The molecule has 1 heterocycles. The van der Waals surface area contributed by atoms with Gasteiger partial charge in [-0.25, -0.2) is 0 Å². The van der Waals surface area contributed by atoms with E-state index in [4.69, 9.17) is 0 Å². The Morgan fingerprint density at radius 2 is 1.90 bits per heavy atom. The summed E-state index contributed by atoms with van der Waals surface area (Å²) >= 11 is 0. The van der Waals surface area contributed by atoms with Crippen LogP contribution >= 0.6 is 0 Å². The quantitative estimate of drug-likeness (QED) is 0.839. The molecular formula is C18H20N2. The SMILES string of the molecule is C1=CCC2=C(C=C1)C(N1CCNCC1)c1ccccc12. The van der Waals surface area contributed by atoms with E-state index in [9.17, 15) is 0 Å². The third kappa shape index (κ3) is 1.88. The Morgan fingerprint density at radius 1 is 1.05 bits per heavy atom. The summed E-state index contributed by atoms with van der Waals surface area (Å²) in [5.74, 6) is 0. The van der Waals surface area contributed by atoms with Crippen molar-refractivity contribution in [3.63, 3.8) is 0 Å². The van der Waals surface area contributed by atoms with Crippen LogP contribution in [-0.2, 0) is 0 Å². The Morgan fingerprint density at radius 3 is 2.80 bits per heavy atom. The molecule has 0 bridgehead atoms. The van der Waals surface area contributed by atoms with Crippen LogP contribution in [0.25, 0.3) is 5.57 Å². The highest BCUT2D eigenvalue weighted by atomic mass is 15.2. The molecule has 1 saturated heterocycles. The van der Waals surface area contributed by atoms with Crippen LogP contribution in [0.1, 0.15) is 23.6 Å². The lowest BCUT2D eigenvalue weighted by Crippen LogP contribution is -2.45. The molecule has 4 rings (SSSR count). The second kappa shape index (κ2) is 5.04. The largest absolute Gasteiger partial charge is 0.314 e. The van der Waals surface area contributed by atoms with Crippen LogP contribution in [0.3, 0.4) is 0 Å². The highest BCUT2D eigenvalue weighted by Gasteiger charge is 2.33. The van der Waals surface area contributed by atoms with Gasteiger partial charge in [-0.15, -0.1) is 0 Å². The van der Waals surface area contributed by atoms with Crippen molar-refractivity contribution in [2.45, 2.75) is 12.5 Å². The maximum Gasteiger partial charge on any atom is 0.0611 e. The third-order valence-electron chi connectivity index (χ3n) is 4.59. The zero-order valence-corrected chi connectivity index (χ0v) is 11.7. The summed E-state index contributed by atoms with van der Waals surface area (Å²) in [5.41, 5.74) is 5.99. The third-order valence-corrected chi connectivity index (χ3v) is 4.59. The Bertz CT molecular complexity index is 604. The van der Waals surface area contributed by atoms with Crippen LogP contribution in [0.4, 0.5) is 0 Å². The first-order valence-electron chi connectivity index (χ1n) is 7.55. The van der Waals surface area contributed by atoms with Gasteiger partial charge in [0.1, 0.15) is 0 Å². The van der Waals surface area contributed by atoms with Gasteiger partial charge in [-0.1, -0.05) is 48.6 Å². The molecule has 1 aromatic carbocycles. The number of hydrogen-bond acceptors (Lipinski definition) is 2. The number of nitrogens with one attached hydrogen (secondary N) is 1. The molecule has 0 saturated carbocycles. The number of hydrogen-bond donors (Lipinski definition) is 1. The number of allylic oxidation sites excluding steroid dienone is 4. The molecule has 0 amide bonds. The standard InChI is InChI=1S/C18H20N2/c1-2-6-14-15-7-4-5-9-17(15)18(16(14)8-3-1)20-12-10-19-11-13-20/h1-5,7-9,18-19H,6,10-13H2. The molecule has 0 aromatic heterocycles. The first-order valence-corrected chi connectivity index (χ1v) is 7.55. The van der Waals surface area contributed by atoms with Gasteiger partial charge in [0.25, 0.3) is 0 Å². The van der Waals surface area contributed by atoms with Gasteiger partial charge in [-0.2, -0.15) is 0 Å². The van der Waals surface area contributed by atoms with Gasteiger partial charge in [0.15, 0.2) is 0 Å². The van der Waals surface area contributed by atoms with E-state index in [0.717, 1.165) is 32.6 Å². The fraction of sp³-hybridized carbons (Fsp3) is 0.333. The van der Waals surface area contributed by atoms with Crippen LogP contribution in [0, 0.1) is 0 Å². The average molecular weight is 264 g/mol. The van der Waals surface area contributed by atoms with Gasteiger partial charge in [0.2, 0.25) is 0 Å². The number of piperazine rings is 1. The van der Waals surface area contributed by atoms with E-state index in [1.165, 1.54) is 22.3 Å². The lowest BCUT2D eigenvalue weighted by molar-refractivity contribution is 0.200. The number of rotatable bonds is 1. The maximum atomic E-state index is 3.46. The van der Waals surface area contributed by atoms with E-state index in [1.54, 1.807) is 0 Å². The lowest BCUT2D eigenvalue weighted by Gasteiger charge is -2.34. The predicted molar refractivity (Wildman–Crippen MR) is 83.4 cm³/mol. The monoisotopic (exact) mass is 264 g/mol. The topological polar surface area (TPSA) is 15.3 Å². The number of fused-ring (bicyclic) bond motifs is 2. The van der Waals surface area contributed by atoms with Crippen molar-refractivity contribution in [2.75, 3.05) is 26.2 Å². The van der Waals surface area contributed by atoms with Crippen molar-refractivity contribution in [3.8, 4) is 0 Å². The summed E-state index contributed by atoms with van der Waals surface area (Å²) < 4.78 is 0. The zero-order valence-electron chi connectivity index (χ0n) is 11.7. The molecule has 1 unspecified atom stereocenters. The molecular weight excluding hydrogens is 244 g/mol.